The van der Waals surface area contributed by atoms with E-state index in [2.05, 4.69) is 10.6 Å². The SMILES string of the molecule is O=C(O)c1cc(F)cc(C(=O)NCC(=O)N2CCC(N3CCc4cc(O)ccc4NC3=O)CC2)c1. The van der Waals surface area contributed by atoms with Crippen molar-refractivity contribution in [3.63, 3.8) is 0 Å². The Morgan fingerprint density at radius 2 is 1.77 bits per heavy atom. The van der Waals surface area contributed by atoms with E-state index < -0.39 is 17.7 Å². The van der Waals surface area contributed by atoms with Crippen molar-refractivity contribution < 1.29 is 33.8 Å². The van der Waals surface area contributed by atoms with Crippen molar-refractivity contribution in [1.29, 1.82) is 0 Å². The largest absolute Gasteiger partial charge is 0.508 e. The highest BCUT2D eigenvalue weighted by atomic mass is 19.1. The lowest BCUT2D eigenvalue weighted by Gasteiger charge is -2.38. The van der Waals surface area contributed by atoms with E-state index in [1.165, 1.54) is 6.07 Å². The molecule has 0 aliphatic carbocycles. The van der Waals surface area contributed by atoms with E-state index in [4.69, 9.17) is 5.11 Å². The number of piperidine rings is 1. The second-order valence-corrected chi connectivity index (χ2v) is 8.54. The minimum Gasteiger partial charge on any atom is -0.508 e. The molecule has 2 aliphatic heterocycles. The fourth-order valence-corrected chi connectivity index (χ4v) is 4.43. The van der Waals surface area contributed by atoms with Crippen molar-refractivity contribution in [3.8, 4) is 5.75 Å². The molecule has 2 aromatic carbocycles. The molecular weight excluding hydrogens is 459 g/mol. The Kier molecular flexibility index (Phi) is 6.85. The number of hydrogen-bond acceptors (Lipinski definition) is 5. The summed E-state index contributed by atoms with van der Waals surface area (Å²) in [5.41, 5.74) is 0.988. The number of phenols is 1. The van der Waals surface area contributed by atoms with E-state index in [1.807, 2.05) is 0 Å². The van der Waals surface area contributed by atoms with Gasteiger partial charge in [0.15, 0.2) is 0 Å². The van der Waals surface area contributed by atoms with Gasteiger partial charge in [-0.2, -0.15) is 0 Å². The van der Waals surface area contributed by atoms with Gasteiger partial charge in [0, 0.05) is 36.9 Å². The molecule has 2 heterocycles. The molecule has 1 saturated heterocycles. The maximum absolute atomic E-state index is 13.6. The molecule has 0 aromatic heterocycles. The number of phenolic OH excluding ortho intramolecular Hbond substituents is 1. The van der Waals surface area contributed by atoms with E-state index in [1.54, 1.807) is 21.9 Å². The minimum absolute atomic E-state index is 0.0571. The third kappa shape index (κ3) is 5.51. The number of anilines is 1. The first-order valence-corrected chi connectivity index (χ1v) is 11.2. The van der Waals surface area contributed by atoms with Gasteiger partial charge in [-0.15, -0.1) is 0 Å². The fourth-order valence-electron chi connectivity index (χ4n) is 4.43. The predicted molar refractivity (Wildman–Crippen MR) is 123 cm³/mol. The van der Waals surface area contributed by atoms with Gasteiger partial charge in [-0.3, -0.25) is 9.59 Å². The Morgan fingerprint density at radius 3 is 2.49 bits per heavy atom. The van der Waals surface area contributed by atoms with Crippen LogP contribution in [0.25, 0.3) is 0 Å². The number of amides is 4. The van der Waals surface area contributed by atoms with E-state index in [-0.39, 0.29) is 41.4 Å². The molecule has 1 fully saturated rings. The molecule has 4 rings (SSSR count). The molecule has 2 aliphatic rings. The minimum atomic E-state index is -1.36. The molecule has 0 bridgehead atoms. The first kappa shape index (κ1) is 24.0. The van der Waals surface area contributed by atoms with Crippen LogP contribution in [0.5, 0.6) is 5.75 Å². The van der Waals surface area contributed by atoms with Gasteiger partial charge in [0.05, 0.1) is 12.1 Å². The van der Waals surface area contributed by atoms with Crippen LogP contribution in [-0.2, 0) is 11.2 Å². The summed E-state index contributed by atoms with van der Waals surface area (Å²) in [4.78, 5) is 52.0. The molecule has 184 valence electrons. The summed E-state index contributed by atoms with van der Waals surface area (Å²) in [5.74, 6) is -3.15. The third-order valence-corrected chi connectivity index (χ3v) is 6.28. The molecule has 0 spiro atoms. The number of carboxylic acids is 1. The van der Waals surface area contributed by atoms with Crippen LogP contribution in [0.15, 0.2) is 36.4 Å². The van der Waals surface area contributed by atoms with Crippen molar-refractivity contribution in [1.82, 2.24) is 15.1 Å². The van der Waals surface area contributed by atoms with Crippen molar-refractivity contribution in [3.05, 3.63) is 58.9 Å². The van der Waals surface area contributed by atoms with Gasteiger partial charge >= 0.3 is 12.0 Å². The molecular formula is C24H25FN4O6. The predicted octanol–water partition coefficient (Wildman–Crippen LogP) is 2.04. The molecule has 0 unspecified atom stereocenters. The summed E-state index contributed by atoms with van der Waals surface area (Å²) in [6.07, 6.45) is 1.73. The number of carboxylic acid groups (broad SMARTS) is 1. The molecule has 0 saturated carbocycles. The second-order valence-electron chi connectivity index (χ2n) is 8.54. The Labute approximate surface area is 200 Å². The van der Waals surface area contributed by atoms with E-state index in [0.29, 0.717) is 44.6 Å². The van der Waals surface area contributed by atoms with Gasteiger partial charge in [0.1, 0.15) is 11.6 Å². The number of hydrogen-bond donors (Lipinski definition) is 4. The maximum atomic E-state index is 13.6. The van der Waals surface area contributed by atoms with Gasteiger partial charge < -0.3 is 30.6 Å². The zero-order chi connectivity index (χ0) is 25.1. The fraction of sp³-hybridized carbons (Fsp3) is 0.333. The highest BCUT2D eigenvalue weighted by Crippen LogP contribution is 2.27. The number of aromatic hydroxyl groups is 1. The summed E-state index contributed by atoms with van der Waals surface area (Å²) < 4.78 is 13.6. The van der Waals surface area contributed by atoms with Gasteiger partial charge in [-0.25, -0.2) is 14.0 Å². The van der Waals surface area contributed by atoms with Crippen LogP contribution in [0.3, 0.4) is 0 Å². The summed E-state index contributed by atoms with van der Waals surface area (Å²) in [6, 6.07) is 7.32. The van der Waals surface area contributed by atoms with Gasteiger partial charge in [0.25, 0.3) is 5.91 Å². The number of carbonyl (C=O) groups is 4. The highest BCUT2D eigenvalue weighted by molar-refractivity contribution is 5.99. The number of nitrogens with one attached hydrogen (secondary N) is 2. The van der Waals surface area contributed by atoms with Crippen LogP contribution >= 0.6 is 0 Å². The van der Waals surface area contributed by atoms with Gasteiger partial charge in [-0.1, -0.05) is 0 Å². The normalized spacial score (nSPS) is 16.2. The standard InChI is InChI=1S/C24H25FN4O6/c25-17-10-15(9-16(11-17)23(33)34)22(32)26-13-21(31)28-6-4-18(5-7-28)29-8-3-14-12-19(30)1-2-20(14)27-24(29)35/h1-2,9-12,18,30H,3-8,13H2,(H,26,32)(H,27,35)(H,33,34). The van der Waals surface area contributed by atoms with Crippen molar-refractivity contribution in [2.24, 2.45) is 0 Å². The molecule has 10 nitrogen and oxygen atoms in total. The molecule has 2 aromatic rings. The summed E-state index contributed by atoms with van der Waals surface area (Å²) in [5, 5.41) is 24.0. The number of aromatic carboxylic acids is 1. The monoisotopic (exact) mass is 484 g/mol. The number of benzene rings is 2. The highest BCUT2D eigenvalue weighted by Gasteiger charge is 2.31. The number of nitrogens with zero attached hydrogens (tertiary/aromatic N) is 2. The number of urea groups is 1. The molecule has 4 amide bonds. The van der Waals surface area contributed by atoms with Crippen LogP contribution in [0.4, 0.5) is 14.9 Å². The van der Waals surface area contributed by atoms with Crippen LogP contribution in [0.2, 0.25) is 0 Å². The van der Waals surface area contributed by atoms with Crippen molar-refractivity contribution >= 4 is 29.5 Å². The first-order chi connectivity index (χ1) is 16.7. The average Bonchev–Trinajstić information content (AvgIpc) is 2.99. The number of carbonyl (C=O) groups excluding carboxylic acids is 3. The van der Waals surface area contributed by atoms with Crippen LogP contribution in [0, 0.1) is 5.82 Å². The third-order valence-electron chi connectivity index (χ3n) is 6.28. The lowest BCUT2D eigenvalue weighted by atomic mass is 10.0. The van der Waals surface area contributed by atoms with Crippen molar-refractivity contribution in [2.45, 2.75) is 25.3 Å². The molecule has 11 heteroatoms. The Morgan fingerprint density at radius 1 is 1.06 bits per heavy atom. The molecule has 0 radical (unpaired) electrons. The van der Waals surface area contributed by atoms with E-state index in [9.17, 15) is 28.7 Å². The zero-order valence-electron chi connectivity index (χ0n) is 18.8. The average molecular weight is 484 g/mol. The van der Waals surface area contributed by atoms with Crippen LogP contribution < -0.4 is 10.6 Å². The van der Waals surface area contributed by atoms with E-state index in [0.717, 1.165) is 23.8 Å². The lowest BCUT2D eigenvalue weighted by molar-refractivity contribution is -0.131. The van der Waals surface area contributed by atoms with Crippen LogP contribution in [-0.4, -0.2) is 76.0 Å². The molecule has 35 heavy (non-hydrogen) atoms. The second kappa shape index (κ2) is 10.00. The van der Waals surface area contributed by atoms with Crippen LogP contribution in [0.1, 0.15) is 39.1 Å². The number of halogens is 1. The van der Waals surface area contributed by atoms with E-state index >= 15 is 0 Å². The molecule has 4 N–H and O–H groups in total. The summed E-state index contributed by atoms with van der Waals surface area (Å²) >= 11 is 0. The zero-order valence-corrected chi connectivity index (χ0v) is 18.8. The Hall–Kier alpha value is -4.15. The summed E-state index contributed by atoms with van der Waals surface area (Å²) in [7, 11) is 0. The number of rotatable bonds is 5. The number of fused-ring (bicyclic) bond motifs is 1. The topological polar surface area (TPSA) is 139 Å². The first-order valence-electron chi connectivity index (χ1n) is 11.2. The van der Waals surface area contributed by atoms with Crippen molar-refractivity contribution in [2.75, 3.05) is 31.5 Å². The Balaban J connectivity index is 1.29. The number of likely N-dealkylation sites (tertiary alicyclic amines) is 1. The summed E-state index contributed by atoms with van der Waals surface area (Å²) in [6.45, 7) is 0.981. The lowest BCUT2D eigenvalue weighted by Crippen LogP contribution is -2.51. The van der Waals surface area contributed by atoms with Gasteiger partial charge in [0.2, 0.25) is 5.91 Å². The molecule has 0 atom stereocenters. The smallest absolute Gasteiger partial charge is 0.335 e. The Bertz CT molecular complexity index is 1180. The van der Waals surface area contributed by atoms with Gasteiger partial charge in [-0.05, 0) is 61.2 Å². The quantitative estimate of drug-likeness (QED) is 0.479. The maximum Gasteiger partial charge on any atom is 0.335 e.